The van der Waals surface area contributed by atoms with E-state index >= 15 is 0 Å². The number of hydrogen-bond acceptors (Lipinski definition) is 6. The van der Waals surface area contributed by atoms with Gasteiger partial charge in [0.15, 0.2) is 0 Å². The molecule has 0 amide bonds. The molecule has 4 aliphatic carbocycles. The van der Waals surface area contributed by atoms with Crippen molar-refractivity contribution in [3.63, 3.8) is 0 Å². The van der Waals surface area contributed by atoms with E-state index in [0.29, 0.717) is 31.5 Å². The van der Waals surface area contributed by atoms with Crippen LogP contribution in [0.25, 0.3) is 0 Å². The number of carbonyl (C=O) groups excluding carboxylic acids is 2. The maximum Gasteiger partial charge on any atom is 0.335 e. The first kappa shape index (κ1) is 21.9. The van der Waals surface area contributed by atoms with Crippen LogP contribution < -0.4 is 5.63 Å². The highest BCUT2D eigenvalue weighted by Crippen LogP contribution is 2.70. The smallest absolute Gasteiger partial charge is 0.335 e. The molecule has 4 saturated carbocycles. The fourth-order valence-electron chi connectivity index (χ4n) is 8.51. The lowest BCUT2D eigenvalue weighted by atomic mass is 9.42. The molecule has 4 aliphatic rings. The number of hydrogen-bond donors (Lipinski definition) is 1. The number of rotatable bonds is 2. The van der Waals surface area contributed by atoms with Crippen molar-refractivity contribution in [2.75, 3.05) is 0 Å². The minimum Gasteiger partial charge on any atom is -0.462 e. The summed E-state index contributed by atoms with van der Waals surface area (Å²) in [4.78, 5) is 35.9. The zero-order chi connectivity index (χ0) is 22.9. The summed E-state index contributed by atoms with van der Waals surface area (Å²) < 4.78 is 11.2. The molecule has 6 heteroatoms. The van der Waals surface area contributed by atoms with E-state index in [0.717, 1.165) is 31.2 Å². The molecule has 0 bridgehead atoms. The molecule has 0 unspecified atom stereocenters. The van der Waals surface area contributed by atoms with Crippen LogP contribution in [0.1, 0.15) is 83.6 Å². The minimum absolute atomic E-state index is 0.0146. The SMILES string of the molecule is CC(=O)O[C@@H]1C[C@]2(C)[C@@H](c3ccc(=O)oc3)CC[C@]2(O)[C@@H]2CC[C@@H]3CC(=O)CC[C@]3(C)[C@H]21. The molecule has 8 atom stereocenters. The topological polar surface area (TPSA) is 93.8 Å². The zero-order valence-electron chi connectivity index (χ0n) is 19.3. The van der Waals surface area contributed by atoms with Gasteiger partial charge in [0, 0.05) is 37.2 Å². The van der Waals surface area contributed by atoms with Crippen molar-refractivity contribution < 1.29 is 23.8 Å². The van der Waals surface area contributed by atoms with Gasteiger partial charge in [0.1, 0.15) is 11.9 Å². The van der Waals surface area contributed by atoms with Crippen LogP contribution in [0.5, 0.6) is 0 Å². The van der Waals surface area contributed by atoms with Crippen molar-refractivity contribution in [1.82, 2.24) is 0 Å². The van der Waals surface area contributed by atoms with Crippen molar-refractivity contribution in [2.45, 2.75) is 89.8 Å². The molecule has 0 saturated heterocycles. The van der Waals surface area contributed by atoms with Gasteiger partial charge in [-0.1, -0.05) is 13.8 Å². The van der Waals surface area contributed by atoms with Gasteiger partial charge < -0.3 is 14.3 Å². The first-order valence-corrected chi connectivity index (χ1v) is 12.1. The van der Waals surface area contributed by atoms with Crippen molar-refractivity contribution in [3.8, 4) is 0 Å². The third-order valence-electron chi connectivity index (χ3n) is 10.0. The van der Waals surface area contributed by atoms with Crippen LogP contribution in [0.4, 0.5) is 0 Å². The summed E-state index contributed by atoms with van der Waals surface area (Å²) in [5.41, 5.74) is -0.962. The number of esters is 1. The van der Waals surface area contributed by atoms with Gasteiger partial charge in [-0.2, -0.15) is 0 Å². The predicted molar refractivity (Wildman–Crippen MR) is 117 cm³/mol. The van der Waals surface area contributed by atoms with Crippen LogP contribution >= 0.6 is 0 Å². The second-order valence-corrected chi connectivity index (χ2v) is 11.3. The highest BCUT2D eigenvalue weighted by atomic mass is 16.5. The average molecular weight is 443 g/mol. The molecule has 0 radical (unpaired) electrons. The Morgan fingerprint density at radius 1 is 1.16 bits per heavy atom. The third kappa shape index (κ3) is 2.98. The van der Waals surface area contributed by atoms with Gasteiger partial charge in [-0.25, -0.2) is 4.79 Å². The van der Waals surface area contributed by atoms with Gasteiger partial charge in [-0.15, -0.1) is 0 Å². The normalized spacial score (nSPS) is 45.5. The first-order valence-electron chi connectivity index (χ1n) is 12.1. The molecule has 4 fully saturated rings. The standard InChI is InChI=1S/C26H34O6/c1-15(27)32-21-13-25(3)19(16-4-7-22(29)31-14-16)9-11-26(25,30)20-6-5-17-12-18(28)8-10-24(17,2)23(20)21/h4,7,14,17,19-21,23,30H,5-6,8-13H2,1-3H3/t17-,19-,20-,21-,23-,24+,25-,26+/m1/s1. The summed E-state index contributed by atoms with van der Waals surface area (Å²) in [6.07, 6.45) is 7.05. The van der Waals surface area contributed by atoms with Crippen LogP contribution in [-0.2, 0) is 14.3 Å². The molecule has 1 aromatic rings. The van der Waals surface area contributed by atoms with Crippen LogP contribution in [0.3, 0.4) is 0 Å². The molecule has 5 rings (SSSR count). The summed E-state index contributed by atoms with van der Waals surface area (Å²) in [5.74, 6) is 0.414. The van der Waals surface area contributed by atoms with Gasteiger partial charge in [0.2, 0.25) is 0 Å². The van der Waals surface area contributed by atoms with E-state index in [1.807, 2.05) is 6.07 Å². The molecule has 0 aromatic carbocycles. The molecule has 1 aromatic heterocycles. The van der Waals surface area contributed by atoms with Gasteiger partial charge in [-0.3, -0.25) is 9.59 Å². The minimum atomic E-state index is -0.884. The van der Waals surface area contributed by atoms with Crippen molar-refractivity contribution >= 4 is 11.8 Å². The average Bonchev–Trinajstić information content (AvgIpc) is 3.00. The molecular formula is C26H34O6. The monoisotopic (exact) mass is 442 g/mol. The molecule has 32 heavy (non-hydrogen) atoms. The molecule has 1 N–H and O–H groups in total. The maximum atomic E-state index is 12.4. The fraction of sp³-hybridized carbons (Fsp3) is 0.731. The van der Waals surface area contributed by atoms with Gasteiger partial charge in [-0.05, 0) is 73.3 Å². The lowest BCUT2D eigenvalue weighted by molar-refractivity contribution is -0.241. The number of Topliss-reactive ketones (excluding diaryl/α,β-unsaturated/α-hetero) is 1. The van der Waals surface area contributed by atoms with E-state index in [1.165, 1.54) is 19.3 Å². The molecule has 0 aliphatic heterocycles. The van der Waals surface area contributed by atoms with E-state index in [2.05, 4.69) is 13.8 Å². The highest BCUT2D eigenvalue weighted by Gasteiger charge is 2.70. The number of ketones is 1. The van der Waals surface area contributed by atoms with Gasteiger partial charge in [0.25, 0.3) is 0 Å². The highest BCUT2D eigenvalue weighted by molar-refractivity contribution is 5.79. The second-order valence-electron chi connectivity index (χ2n) is 11.3. The Balaban J connectivity index is 1.58. The van der Waals surface area contributed by atoms with Crippen molar-refractivity contribution in [3.05, 3.63) is 34.4 Å². The lowest BCUT2D eigenvalue weighted by Gasteiger charge is -2.64. The number of ether oxygens (including phenoxy) is 1. The number of carbonyl (C=O) groups is 2. The van der Waals surface area contributed by atoms with Crippen molar-refractivity contribution in [1.29, 1.82) is 0 Å². The zero-order valence-corrected chi connectivity index (χ0v) is 19.3. The van der Waals surface area contributed by atoms with Crippen LogP contribution in [-0.4, -0.2) is 28.6 Å². The van der Waals surface area contributed by atoms with Crippen LogP contribution in [0.15, 0.2) is 27.6 Å². The summed E-state index contributed by atoms with van der Waals surface area (Å²) in [7, 11) is 0. The van der Waals surface area contributed by atoms with Crippen LogP contribution in [0, 0.1) is 28.6 Å². The van der Waals surface area contributed by atoms with Crippen molar-refractivity contribution in [2.24, 2.45) is 28.6 Å². The Hall–Kier alpha value is -1.95. The third-order valence-corrected chi connectivity index (χ3v) is 10.0. The Bertz CT molecular complexity index is 978. The summed E-state index contributed by atoms with van der Waals surface area (Å²) in [6.45, 7) is 5.85. The predicted octanol–water partition coefficient (Wildman–Crippen LogP) is 3.99. The Labute approximate surface area is 188 Å². The number of aliphatic hydroxyl groups is 1. The van der Waals surface area contributed by atoms with Gasteiger partial charge in [0.05, 0.1) is 11.9 Å². The maximum absolute atomic E-state index is 12.4. The molecule has 6 nitrogen and oxygen atoms in total. The molecule has 0 spiro atoms. The summed E-state index contributed by atoms with van der Waals surface area (Å²) in [6, 6.07) is 3.25. The van der Waals surface area contributed by atoms with E-state index < -0.39 is 11.0 Å². The van der Waals surface area contributed by atoms with E-state index in [4.69, 9.17) is 9.15 Å². The first-order chi connectivity index (χ1) is 15.1. The summed E-state index contributed by atoms with van der Waals surface area (Å²) in [5, 5.41) is 12.4. The molecule has 1 heterocycles. The van der Waals surface area contributed by atoms with Crippen LogP contribution in [0.2, 0.25) is 0 Å². The van der Waals surface area contributed by atoms with E-state index in [1.54, 1.807) is 0 Å². The molecule has 174 valence electrons. The van der Waals surface area contributed by atoms with Gasteiger partial charge >= 0.3 is 11.6 Å². The fourth-order valence-corrected chi connectivity index (χ4v) is 8.51. The second kappa shape index (κ2) is 7.28. The number of fused-ring (bicyclic) bond motifs is 5. The molecular weight excluding hydrogens is 408 g/mol. The quantitative estimate of drug-likeness (QED) is 0.696. The van der Waals surface area contributed by atoms with E-state index in [-0.39, 0.29) is 46.8 Å². The largest absolute Gasteiger partial charge is 0.462 e. The summed E-state index contributed by atoms with van der Waals surface area (Å²) >= 11 is 0. The Morgan fingerprint density at radius 3 is 2.62 bits per heavy atom. The Morgan fingerprint density at radius 2 is 1.94 bits per heavy atom. The van der Waals surface area contributed by atoms with E-state index in [9.17, 15) is 19.5 Å². The Kier molecular flexibility index (Phi) is 4.97. The lowest BCUT2D eigenvalue weighted by Crippen LogP contribution is -2.66.